The van der Waals surface area contributed by atoms with E-state index in [1.807, 2.05) is 48.5 Å². The van der Waals surface area contributed by atoms with E-state index in [0.717, 1.165) is 16.8 Å². The van der Waals surface area contributed by atoms with Gasteiger partial charge in [0.2, 0.25) is 6.79 Å². The van der Waals surface area contributed by atoms with Crippen molar-refractivity contribution in [3.63, 3.8) is 0 Å². The third kappa shape index (κ3) is 2.74. The summed E-state index contributed by atoms with van der Waals surface area (Å²) in [6.45, 7) is 0.210. The van der Waals surface area contributed by atoms with Crippen LogP contribution < -0.4 is 14.4 Å². The Bertz CT molecular complexity index is 940. The molecule has 0 fully saturated rings. The van der Waals surface area contributed by atoms with Gasteiger partial charge in [0.25, 0.3) is 5.91 Å². The highest BCUT2D eigenvalue weighted by Crippen LogP contribution is 2.33. The minimum Gasteiger partial charge on any atom is -0.454 e. The van der Waals surface area contributed by atoms with Gasteiger partial charge in [0.15, 0.2) is 11.5 Å². The summed E-state index contributed by atoms with van der Waals surface area (Å²) in [4.78, 5) is 14.2. The fraction of sp³-hybridized carbons (Fsp3) is 0.100. The molecule has 0 radical (unpaired) electrons. The van der Waals surface area contributed by atoms with E-state index in [9.17, 15) is 10.1 Å². The first-order valence-corrected chi connectivity index (χ1v) is 7.84. The largest absolute Gasteiger partial charge is 0.454 e. The first kappa shape index (κ1) is 15.0. The van der Waals surface area contributed by atoms with Gasteiger partial charge in [-0.05, 0) is 41.5 Å². The summed E-state index contributed by atoms with van der Waals surface area (Å²) in [5.74, 6) is 1.11. The first-order valence-electron chi connectivity index (χ1n) is 7.84. The summed E-state index contributed by atoms with van der Waals surface area (Å²) in [5.41, 5.74) is 2.47. The zero-order chi connectivity index (χ0) is 17.2. The van der Waals surface area contributed by atoms with Crippen LogP contribution in [0.25, 0.3) is 12.2 Å². The molecule has 122 valence electrons. The molecular weight excluding hydrogens is 316 g/mol. The van der Waals surface area contributed by atoms with Crippen molar-refractivity contribution in [2.75, 3.05) is 11.7 Å². The maximum absolute atomic E-state index is 12.7. The normalized spacial score (nSPS) is 17.4. The number of ether oxygens (including phenoxy) is 2. The molecule has 0 spiro atoms. The molecule has 1 atom stereocenters. The van der Waals surface area contributed by atoms with Crippen molar-refractivity contribution >= 4 is 23.7 Å². The topological polar surface area (TPSA) is 62.6 Å². The Morgan fingerprint density at radius 2 is 2.04 bits per heavy atom. The number of anilines is 1. The summed E-state index contributed by atoms with van der Waals surface area (Å²) in [5, 5.41) is 9.38. The molecule has 1 amide bonds. The van der Waals surface area contributed by atoms with Crippen molar-refractivity contribution < 1.29 is 14.3 Å². The smallest absolute Gasteiger partial charge is 0.252 e. The molecule has 2 heterocycles. The van der Waals surface area contributed by atoms with Crippen molar-refractivity contribution in [3.8, 4) is 17.6 Å². The number of carbonyl (C=O) groups excluding carboxylic acids is 1. The second kappa shape index (κ2) is 6.17. The number of hydrogen-bond acceptors (Lipinski definition) is 4. The number of nitriles is 1. The van der Waals surface area contributed by atoms with E-state index >= 15 is 0 Å². The van der Waals surface area contributed by atoms with Crippen LogP contribution in [0.5, 0.6) is 11.5 Å². The monoisotopic (exact) mass is 330 g/mol. The lowest BCUT2D eigenvalue weighted by Crippen LogP contribution is -2.39. The van der Waals surface area contributed by atoms with Gasteiger partial charge >= 0.3 is 0 Å². The van der Waals surface area contributed by atoms with Gasteiger partial charge in [-0.1, -0.05) is 30.3 Å². The second-order valence-corrected chi connectivity index (χ2v) is 5.65. The third-order valence-corrected chi connectivity index (χ3v) is 4.12. The van der Waals surface area contributed by atoms with Crippen molar-refractivity contribution in [2.24, 2.45) is 0 Å². The lowest BCUT2D eigenvalue weighted by atomic mass is 10.0. The van der Waals surface area contributed by atoms with Crippen LogP contribution in [-0.2, 0) is 4.79 Å². The third-order valence-electron chi connectivity index (χ3n) is 4.12. The highest BCUT2D eigenvalue weighted by molar-refractivity contribution is 6.07. The molecule has 1 unspecified atom stereocenters. The Kier molecular flexibility index (Phi) is 3.71. The Balaban J connectivity index is 1.61. The molecule has 2 aliphatic heterocycles. The summed E-state index contributed by atoms with van der Waals surface area (Å²) < 4.78 is 10.6. The standard InChI is InChI=1S/C20H14N2O3/c21-12-16-8-7-15-3-1-2-4-17(15)22(16)20(23)10-6-14-5-9-18-19(11-14)25-13-24-18/h1-11,16H,13H2/b10-6+. The molecule has 5 heteroatoms. The van der Waals surface area contributed by atoms with Gasteiger partial charge < -0.3 is 9.47 Å². The average Bonchev–Trinajstić information content (AvgIpc) is 3.13. The van der Waals surface area contributed by atoms with E-state index in [1.165, 1.54) is 11.0 Å². The van der Waals surface area contributed by atoms with E-state index in [0.29, 0.717) is 11.5 Å². The minimum absolute atomic E-state index is 0.210. The number of nitrogens with zero attached hydrogens (tertiary/aromatic N) is 2. The van der Waals surface area contributed by atoms with Gasteiger partial charge in [-0.15, -0.1) is 0 Å². The van der Waals surface area contributed by atoms with E-state index in [-0.39, 0.29) is 12.7 Å². The van der Waals surface area contributed by atoms with Gasteiger partial charge in [0.1, 0.15) is 6.04 Å². The zero-order valence-electron chi connectivity index (χ0n) is 13.3. The number of fused-ring (bicyclic) bond motifs is 2. The van der Waals surface area contributed by atoms with Crippen molar-refractivity contribution in [1.29, 1.82) is 5.26 Å². The molecule has 0 aromatic heterocycles. The average molecular weight is 330 g/mol. The van der Waals surface area contributed by atoms with Gasteiger partial charge in [-0.25, -0.2) is 0 Å². The molecule has 2 aromatic rings. The Labute approximate surface area is 145 Å². The Hall–Kier alpha value is -3.52. The molecule has 0 aliphatic carbocycles. The van der Waals surface area contributed by atoms with Crippen LogP contribution >= 0.6 is 0 Å². The molecule has 0 bridgehead atoms. The van der Waals surface area contributed by atoms with Crippen LogP contribution in [0, 0.1) is 11.3 Å². The molecular formula is C20H14N2O3. The number of carbonyl (C=O) groups is 1. The van der Waals surface area contributed by atoms with Crippen LogP contribution in [0.2, 0.25) is 0 Å². The maximum Gasteiger partial charge on any atom is 0.252 e. The number of amides is 1. The molecule has 4 rings (SSSR count). The second-order valence-electron chi connectivity index (χ2n) is 5.65. The van der Waals surface area contributed by atoms with Gasteiger partial charge in [-0.3, -0.25) is 9.69 Å². The first-order chi connectivity index (χ1) is 12.3. The van der Waals surface area contributed by atoms with Crippen molar-refractivity contribution in [3.05, 3.63) is 65.7 Å². The molecule has 25 heavy (non-hydrogen) atoms. The predicted molar refractivity (Wildman–Crippen MR) is 94.0 cm³/mol. The SMILES string of the molecule is N#CC1C=Cc2ccccc2N1C(=O)/C=C/c1ccc2c(c1)OCO2. The lowest BCUT2D eigenvalue weighted by Gasteiger charge is -2.29. The van der Waals surface area contributed by atoms with Crippen LogP contribution in [0.4, 0.5) is 5.69 Å². The highest BCUT2D eigenvalue weighted by atomic mass is 16.7. The number of hydrogen-bond donors (Lipinski definition) is 0. The van der Waals surface area contributed by atoms with Gasteiger partial charge in [0, 0.05) is 6.08 Å². The predicted octanol–water partition coefficient (Wildman–Crippen LogP) is 3.38. The Morgan fingerprint density at radius 3 is 2.92 bits per heavy atom. The number of rotatable bonds is 2. The van der Waals surface area contributed by atoms with Crippen molar-refractivity contribution in [1.82, 2.24) is 0 Å². The maximum atomic E-state index is 12.7. The lowest BCUT2D eigenvalue weighted by molar-refractivity contribution is -0.114. The van der Waals surface area contributed by atoms with Crippen molar-refractivity contribution in [2.45, 2.75) is 6.04 Å². The molecule has 0 saturated carbocycles. The quantitative estimate of drug-likeness (QED) is 0.792. The van der Waals surface area contributed by atoms with Gasteiger partial charge in [-0.2, -0.15) is 5.26 Å². The summed E-state index contributed by atoms with van der Waals surface area (Å²) >= 11 is 0. The molecule has 2 aliphatic rings. The van der Waals surface area contributed by atoms with E-state index < -0.39 is 6.04 Å². The highest BCUT2D eigenvalue weighted by Gasteiger charge is 2.26. The van der Waals surface area contributed by atoms with Crippen LogP contribution in [0.3, 0.4) is 0 Å². The summed E-state index contributed by atoms with van der Waals surface area (Å²) in [6, 6.07) is 14.5. The number of benzene rings is 2. The van der Waals surface area contributed by atoms with E-state index in [4.69, 9.17) is 9.47 Å². The summed E-state index contributed by atoms with van der Waals surface area (Å²) in [6.07, 6.45) is 6.78. The zero-order valence-corrected chi connectivity index (χ0v) is 13.3. The van der Waals surface area contributed by atoms with E-state index in [2.05, 4.69) is 6.07 Å². The van der Waals surface area contributed by atoms with Gasteiger partial charge in [0.05, 0.1) is 11.8 Å². The minimum atomic E-state index is -0.621. The number of para-hydroxylation sites is 1. The van der Waals surface area contributed by atoms with Crippen LogP contribution in [0.1, 0.15) is 11.1 Å². The van der Waals surface area contributed by atoms with E-state index in [1.54, 1.807) is 12.2 Å². The van der Waals surface area contributed by atoms with Crippen LogP contribution in [0.15, 0.2) is 54.6 Å². The molecule has 5 nitrogen and oxygen atoms in total. The Morgan fingerprint density at radius 1 is 1.20 bits per heavy atom. The fourth-order valence-corrected chi connectivity index (χ4v) is 2.90. The van der Waals surface area contributed by atoms with Crippen LogP contribution in [-0.4, -0.2) is 18.7 Å². The molecule has 0 saturated heterocycles. The molecule has 0 N–H and O–H groups in total. The summed E-state index contributed by atoms with van der Waals surface area (Å²) in [7, 11) is 0. The fourth-order valence-electron chi connectivity index (χ4n) is 2.90. The molecule has 2 aromatic carbocycles.